The molecule has 6 N–H and O–H groups in total. The van der Waals surface area contributed by atoms with E-state index in [2.05, 4.69) is 25.6 Å². The number of primary amides is 1. The number of aliphatic imine (C=N–C) groups is 1. The molecule has 10 nitrogen and oxygen atoms in total. The van der Waals surface area contributed by atoms with Gasteiger partial charge in [0, 0.05) is 38.6 Å². The number of benzene rings is 1. The molecule has 11 heteroatoms. The summed E-state index contributed by atoms with van der Waals surface area (Å²) in [7, 11) is 3.30. The summed E-state index contributed by atoms with van der Waals surface area (Å²) in [6, 6.07) is 6.91. The second-order valence-corrected chi connectivity index (χ2v) is 6.72. The predicted octanol–water partition coefficient (Wildman–Crippen LogP) is 1.21. The number of likely N-dealkylation sites (N-methyl/N-ethyl adjacent to an activating group) is 1. The molecule has 1 heterocycles. The third kappa shape index (κ3) is 6.74. The fourth-order valence-corrected chi connectivity index (χ4v) is 2.34. The molecule has 0 atom stereocenters. The van der Waals surface area contributed by atoms with Gasteiger partial charge < -0.3 is 27.0 Å². The Bertz CT molecular complexity index is 975. The van der Waals surface area contributed by atoms with Crippen LogP contribution >= 0.6 is 11.6 Å². The van der Waals surface area contributed by atoms with E-state index in [-0.39, 0.29) is 18.4 Å². The van der Waals surface area contributed by atoms with Gasteiger partial charge in [-0.3, -0.25) is 14.6 Å². The van der Waals surface area contributed by atoms with E-state index in [0.29, 0.717) is 28.6 Å². The number of carbonyl (C=O) groups is 2. The van der Waals surface area contributed by atoms with Gasteiger partial charge in [-0.05, 0) is 17.7 Å². The van der Waals surface area contributed by atoms with Crippen molar-refractivity contribution in [3.63, 3.8) is 0 Å². The second-order valence-electron chi connectivity index (χ2n) is 6.31. The third-order valence-corrected chi connectivity index (χ3v) is 4.08. The number of nitrogens with zero attached hydrogens (tertiary/aromatic N) is 4. The minimum atomic E-state index is -0.501. The highest BCUT2D eigenvalue weighted by Gasteiger charge is 2.08. The Balaban J connectivity index is 2.05. The highest BCUT2D eigenvalue weighted by Crippen LogP contribution is 2.20. The zero-order chi connectivity index (χ0) is 22.1. The zero-order valence-corrected chi connectivity index (χ0v) is 17.3. The lowest BCUT2D eigenvalue weighted by molar-refractivity contribution is -0.127. The number of nitrogens with two attached hydrogens (primary N) is 2. The number of hydrogen-bond acceptors (Lipinski definition) is 8. The van der Waals surface area contributed by atoms with E-state index < -0.39 is 5.91 Å². The first kappa shape index (κ1) is 22.6. The molecule has 0 bridgehead atoms. The van der Waals surface area contributed by atoms with E-state index in [0.717, 1.165) is 5.56 Å². The molecule has 2 aromatic rings. The van der Waals surface area contributed by atoms with Crippen LogP contribution in [-0.4, -0.2) is 53.5 Å². The molecule has 0 fully saturated rings. The summed E-state index contributed by atoms with van der Waals surface area (Å²) in [5, 5.41) is 6.30. The van der Waals surface area contributed by atoms with Crippen LogP contribution in [0.3, 0.4) is 0 Å². The van der Waals surface area contributed by atoms with Crippen LogP contribution in [0.25, 0.3) is 0 Å². The maximum atomic E-state index is 11.6. The number of rotatable bonds is 9. The number of aromatic nitrogens is 2. The monoisotopic (exact) mass is 430 g/mol. The minimum Gasteiger partial charge on any atom is -0.403 e. The van der Waals surface area contributed by atoms with Gasteiger partial charge in [0.2, 0.25) is 17.8 Å². The molecule has 158 valence electrons. The van der Waals surface area contributed by atoms with Crippen LogP contribution in [0, 0.1) is 0 Å². The van der Waals surface area contributed by atoms with E-state index >= 15 is 0 Å². The Hall–Kier alpha value is -3.66. The van der Waals surface area contributed by atoms with Gasteiger partial charge in [0.1, 0.15) is 11.6 Å². The van der Waals surface area contributed by atoms with Crippen molar-refractivity contribution in [3.05, 3.63) is 58.5 Å². The van der Waals surface area contributed by atoms with E-state index in [4.69, 9.17) is 23.1 Å². The Morgan fingerprint density at radius 3 is 2.77 bits per heavy atom. The lowest BCUT2D eigenvalue weighted by Gasteiger charge is -2.11. The molecular weight excluding hydrogens is 408 g/mol. The van der Waals surface area contributed by atoms with Crippen LogP contribution in [0.5, 0.6) is 0 Å². The van der Waals surface area contributed by atoms with Gasteiger partial charge in [-0.1, -0.05) is 23.7 Å². The fraction of sp³-hybridized carbons (Fsp3) is 0.211. The number of hydrogen-bond donors (Lipinski definition) is 4. The molecule has 0 saturated heterocycles. The maximum absolute atomic E-state index is 11.6. The topological polar surface area (TPSA) is 152 Å². The van der Waals surface area contributed by atoms with Gasteiger partial charge in [-0.2, -0.15) is 4.98 Å². The number of amides is 2. The van der Waals surface area contributed by atoms with Crippen molar-refractivity contribution in [2.75, 3.05) is 31.3 Å². The molecule has 0 spiro atoms. The lowest BCUT2D eigenvalue weighted by atomic mass is 10.1. The van der Waals surface area contributed by atoms with Crippen LogP contribution in [0.2, 0.25) is 5.02 Å². The molecule has 0 radical (unpaired) electrons. The molecule has 0 aliphatic heterocycles. The van der Waals surface area contributed by atoms with Gasteiger partial charge in [-0.25, -0.2) is 4.98 Å². The largest absolute Gasteiger partial charge is 0.403 e. The molecule has 0 unspecified atom stereocenters. The quantitative estimate of drug-likeness (QED) is 0.436. The van der Waals surface area contributed by atoms with E-state index in [1.54, 1.807) is 32.3 Å². The Morgan fingerprint density at radius 2 is 2.10 bits per heavy atom. The van der Waals surface area contributed by atoms with E-state index in [9.17, 15) is 9.59 Å². The van der Waals surface area contributed by atoms with Crippen molar-refractivity contribution in [1.29, 1.82) is 0 Å². The van der Waals surface area contributed by atoms with Gasteiger partial charge in [-0.15, -0.1) is 0 Å². The Labute approximate surface area is 179 Å². The van der Waals surface area contributed by atoms with Crippen molar-refractivity contribution in [3.8, 4) is 0 Å². The number of halogens is 1. The second kappa shape index (κ2) is 10.8. The SMILES string of the molecule is CN(C)C(=O)CN=C/C(=C\N)Nc1ncc(Cl)c(NCc2cccc(C(N)=O)c2)n1. The highest BCUT2D eigenvalue weighted by molar-refractivity contribution is 6.32. The molecule has 0 saturated carbocycles. The van der Waals surface area contributed by atoms with Crippen LogP contribution in [-0.2, 0) is 11.3 Å². The van der Waals surface area contributed by atoms with Crippen molar-refractivity contribution in [1.82, 2.24) is 14.9 Å². The third-order valence-electron chi connectivity index (χ3n) is 3.81. The first-order chi connectivity index (χ1) is 14.3. The van der Waals surface area contributed by atoms with E-state index in [1.165, 1.54) is 23.5 Å². The Kier molecular flexibility index (Phi) is 8.12. The molecule has 2 amide bonds. The number of anilines is 2. The number of nitrogens with one attached hydrogen (secondary N) is 2. The van der Waals surface area contributed by atoms with E-state index in [1.807, 2.05) is 6.07 Å². The van der Waals surface area contributed by atoms with Crippen molar-refractivity contribution in [2.45, 2.75) is 6.54 Å². The highest BCUT2D eigenvalue weighted by atomic mass is 35.5. The maximum Gasteiger partial charge on any atom is 0.248 e. The minimum absolute atomic E-state index is 0.00926. The van der Waals surface area contributed by atoms with Crippen molar-refractivity contribution < 1.29 is 9.59 Å². The van der Waals surface area contributed by atoms with Gasteiger partial charge >= 0.3 is 0 Å². The first-order valence-corrected chi connectivity index (χ1v) is 9.22. The summed E-state index contributed by atoms with van der Waals surface area (Å²) < 4.78 is 0. The summed E-state index contributed by atoms with van der Waals surface area (Å²) in [4.78, 5) is 36.8. The van der Waals surface area contributed by atoms with Crippen LogP contribution in [0.15, 0.2) is 47.4 Å². The van der Waals surface area contributed by atoms with Crippen LogP contribution < -0.4 is 22.1 Å². The molecule has 30 heavy (non-hydrogen) atoms. The predicted molar refractivity (Wildman–Crippen MR) is 117 cm³/mol. The summed E-state index contributed by atoms with van der Waals surface area (Å²) in [6.07, 6.45) is 4.13. The summed E-state index contributed by atoms with van der Waals surface area (Å²) >= 11 is 6.17. The number of allylic oxidation sites excluding steroid dienone is 1. The molecule has 1 aromatic heterocycles. The smallest absolute Gasteiger partial charge is 0.248 e. The normalized spacial score (nSPS) is 11.4. The summed E-state index contributed by atoms with van der Waals surface area (Å²) in [5.74, 6) is -0.0275. The standard InChI is InChI=1S/C19H23ClN8O2/c1-28(2)16(29)11-23-9-14(7-21)26-19-25-10-15(20)18(27-19)24-8-12-4-3-5-13(6-12)17(22)30/h3-7,9-10H,8,11,21H2,1-2H3,(H2,22,30)(H2,24,25,26,27)/b14-7+,23-9?. The number of carbonyl (C=O) groups excluding carboxylic acids is 2. The molecule has 2 rings (SSSR count). The summed E-state index contributed by atoms with van der Waals surface area (Å²) in [6.45, 7) is 0.357. The van der Waals surface area contributed by atoms with Crippen LogP contribution in [0.4, 0.5) is 11.8 Å². The van der Waals surface area contributed by atoms with Gasteiger partial charge in [0.15, 0.2) is 5.82 Å². The average Bonchev–Trinajstić information content (AvgIpc) is 2.73. The molecule has 0 aliphatic rings. The van der Waals surface area contributed by atoms with Crippen molar-refractivity contribution in [2.24, 2.45) is 16.5 Å². The lowest BCUT2D eigenvalue weighted by Crippen LogP contribution is -2.24. The van der Waals surface area contributed by atoms with Crippen LogP contribution in [0.1, 0.15) is 15.9 Å². The molecular formula is C19H23ClN8O2. The van der Waals surface area contributed by atoms with Crippen molar-refractivity contribution >= 4 is 41.4 Å². The van der Waals surface area contributed by atoms with Gasteiger partial charge in [0.25, 0.3) is 0 Å². The molecule has 0 aliphatic carbocycles. The van der Waals surface area contributed by atoms with Gasteiger partial charge in [0.05, 0.1) is 11.9 Å². The molecule has 1 aromatic carbocycles. The first-order valence-electron chi connectivity index (χ1n) is 8.84. The zero-order valence-electron chi connectivity index (χ0n) is 16.6. The average molecular weight is 431 g/mol. The summed E-state index contributed by atoms with van der Waals surface area (Å²) in [5.41, 5.74) is 12.5. The fourth-order valence-electron chi connectivity index (χ4n) is 2.18. The Morgan fingerprint density at radius 1 is 1.33 bits per heavy atom.